The summed E-state index contributed by atoms with van der Waals surface area (Å²) in [5, 5.41) is 18.8. The Kier molecular flexibility index (Phi) is 12.9. The van der Waals surface area contributed by atoms with E-state index in [1.165, 1.54) is 6.20 Å². The van der Waals surface area contributed by atoms with Crippen molar-refractivity contribution < 1.29 is 52.7 Å². The minimum absolute atomic E-state index is 0.0674. The zero-order valence-corrected chi connectivity index (χ0v) is 32.6. The Morgan fingerprint density at radius 1 is 1.09 bits per heavy atom. The number of oxime groups is 1. The Hall–Kier alpha value is -3.21. The summed E-state index contributed by atoms with van der Waals surface area (Å²) in [7, 11) is 3.80. The summed E-state index contributed by atoms with van der Waals surface area (Å²) < 4.78 is 38.5. The van der Waals surface area contributed by atoms with Crippen molar-refractivity contribution in [2.24, 2.45) is 28.8 Å². The summed E-state index contributed by atoms with van der Waals surface area (Å²) in [6.07, 6.45) is -1.38. The van der Waals surface area contributed by atoms with Gasteiger partial charge < -0.3 is 48.6 Å². The molecule has 1 aromatic rings. The van der Waals surface area contributed by atoms with Crippen LogP contribution in [0.4, 0.5) is 4.79 Å². The van der Waals surface area contributed by atoms with Gasteiger partial charge in [-0.25, -0.2) is 4.79 Å². The molecular formula is C38H58N4O11. The van der Waals surface area contributed by atoms with Crippen LogP contribution in [-0.4, -0.2) is 126 Å². The van der Waals surface area contributed by atoms with Crippen molar-refractivity contribution in [3.8, 4) is 5.75 Å². The monoisotopic (exact) mass is 746 g/mol. The standard InChI is InChI=1S/C38H58N4O11/c1-11-28-38(8)32(40-36(46)52-38)22(4)29(43)20(2)16-37(7)33(51-35-30(44)27(42(9)10)15-21(3)49-35)23(5)31(24(6)34(45)50-28)47-18-25(19-48-37)41-53-26-13-12-14-39-17-26/h12-14,17,20-24,27-28,30-33,35,44H,11,15-16,18-19H2,1-10H3,(H,40,46)/b41-25-/t20-,21-,22+,23+,24-,27+,28-,30-,31+,32-,33-,35+,37-,38-/m1/s1. The fourth-order valence-corrected chi connectivity index (χ4v) is 8.62. The van der Waals surface area contributed by atoms with E-state index in [0.717, 1.165) is 0 Å². The van der Waals surface area contributed by atoms with E-state index >= 15 is 0 Å². The van der Waals surface area contributed by atoms with Crippen molar-refractivity contribution in [2.45, 2.75) is 135 Å². The number of amides is 1. The first kappa shape index (κ1) is 41.0. The number of alkyl carbamates (subject to hydrolysis) is 1. The molecule has 5 rings (SSSR count). The van der Waals surface area contributed by atoms with Gasteiger partial charge in [-0.05, 0) is 73.2 Å². The second kappa shape index (κ2) is 16.7. The molecule has 4 fully saturated rings. The van der Waals surface area contributed by atoms with Gasteiger partial charge in [0.1, 0.15) is 23.7 Å². The summed E-state index contributed by atoms with van der Waals surface area (Å²) in [6, 6.07) is 2.40. The molecule has 2 bridgehead atoms. The molecule has 5 heterocycles. The number of pyridine rings is 1. The van der Waals surface area contributed by atoms with Gasteiger partial charge in [0.25, 0.3) is 0 Å². The zero-order chi connectivity index (χ0) is 38.8. The van der Waals surface area contributed by atoms with Crippen LogP contribution >= 0.6 is 0 Å². The highest BCUT2D eigenvalue weighted by Gasteiger charge is 2.57. The molecule has 1 amide bonds. The van der Waals surface area contributed by atoms with Gasteiger partial charge in [-0.3, -0.25) is 14.6 Å². The van der Waals surface area contributed by atoms with E-state index in [9.17, 15) is 19.5 Å². The number of aliphatic hydroxyl groups excluding tert-OH is 1. The highest BCUT2D eigenvalue weighted by Crippen LogP contribution is 2.42. The molecule has 2 N–H and O–H groups in total. The van der Waals surface area contributed by atoms with Crippen LogP contribution in [0, 0.1) is 23.7 Å². The number of carbonyl (C=O) groups excluding carboxylic acids is 3. The number of aromatic nitrogens is 1. The fraction of sp³-hybridized carbons (Fsp3) is 0.763. The lowest BCUT2D eigenvalue weighted by Crippen LogP contribution is -2.60. The Labute approximate surface area is 312 Å². The summed E-state index contributed by atoms with van der Waals surface area (Å²) in [5.41, 5.74) is -2.18. The Bertz CT molecular complexity index is 1480. The zero-order valence-electron chi connectivity index (χ0n) is 32.6. The number of esters is 1. The topological polar surface area (TPSA) is 177 Å². The van der Waals surface area contributed by atoms with Crippen LogP contribution in [0.5, 0.6) is 5.75 Å². The van der Waals surface area contributed by atoms with Gasteiger partial charge in [-0.15, -0.1) is 0 Å². The molecule has 15 heteroatoms. The summed E-state index contributed by atoms with van der Waals surface area (Å²) >= 11 is 0. The maximum absolute atomic E-state index is 14.4. The predicted molar refractivity (Wildman–Crippen MR) is 192 cm³/mol. The predicted octanol–water partition coefficient (Wildman–Crippen LogP) is 3.51. The smallest absolute Gasteiger partial charge is 0.408 e. The van der Waals surface area contributed by atoms with Crippen LogP contribution in [0.3, 0.4) is 0 Å². The minimum atomic E-state index is -1.32. The lowest BCUT2D eigenvalue weighted by Gasteiger charge is -2.48. The molecule has 4 aliphatic heterocycles. The fourth-order valence-electron chi connectivity index (χ4n) is 8.62. The largest absolute Gasteiger partial charge is 0.458 e. The van der Waals surface area contributed by atoms with Crippen molar-refractivity contribution in [1.29, 1.82) is 0 Å². The van der Waals surface area contributed by atoms with E-state index < -0.39 is 83.7 Å². The van der Waals surface area contributed by atoms with E-state index in [2.05, 4.69) is 15.5 Å². The van der Waals surface area contributed by atoms with Gasteiger partial charge in [0, 0.05) is 30.0 Å². The summed E-state index contributed by atoms with van der Waals surface area (Å²) in [4.78, 5) is 53.1. The number of aliphatic hydroxyl groups is 1. The van der Waals surface area contributed by atoms with Gasteiger partial charge in [-0.1, -0.05) is 32.9 Å². The molecule has 0 saturated carbocycles. The Balaban J connectivity index is 1.62. The lowest BCUT2D eigenvalue weighted by atomic mass is 9.73. The molecule has 0 aliphatic carbocycles. The number of cyclic esters (lactones) is 1. The van der Waals surface area contributed by atoms with Gasteiger partial charge in [0.2, 0.25) is 0 Å². The van der Waals surface area contributed by atoms with Gasteiger partial charge in [0.15, 0.2) is 17.6 Å². The van der Waals surface area contributed by atoms with Crippen molar-refractivity contribution in [1.82, 2.24) is 15.2 Å². The summed E-state index contributed by atoms with van der Waals surface area (Å²) in [5.74, 6) is -3.12. The number of ketones is 1. The molecule has 15 nitrogen and oxygen atoms in total. The number of nitrogens with zero attached hydrogens (tertiary/aromatic N) is 3. The third-order valence-corrected chi connectivity index (χ3v) is 11.6. The Morgan fingerprint density at radius 2 is 1.83 bits per heavy atom. The molecular weight excluding hydrogens is 688 g/mol. The number of rotatable bonds is 6. The van der Waals surface area contributed by atoms with Crippen LogP contribution in [-0.2, 0) is 38.0 Å². The third kappa shape index (κ3) is 8.70. The van der Waals surface area contributed by atoms with Crippen molar-refractivity contribution in [2.75, 3.05) is 27.3 Å². The van der Waals surface area contributed by atoms with Crippen molar-refractivity contribution in [3.63, 3.8) is 0 Å². The van der Waals surface area contributed by atoms with E-state index in [-0.39, 0.29) is 37.6 Å². The first-order chi connectivity index (χ1) is 25.0. The van der Waals surface area contributed by atoms with Crippen molar-refractivity contribution in [3.05, 3.63) is 24.5 Å². The first-order valence-corrected chi connectivity index (χ1v) is 18.8. The number of likely N-dealkylation sites (N-methyl/N-ethyl adjacent to an activating group) is 1. The maximum atomic E-state index is 14.4. The van der Waals surface area contributed by atoms with E-state index in [1.54, 1.807) is 39.1 Å². The van der Waals surface area contributed by atoms with Gasteiger partial charge in [0.05, 0.1) is 55.3 Å². The molecule has 4 saturated heterocycles. The number of hydrogen-bond acceptors (Lipinski definition) is 14. The molecule has 0 unspecified atom stereocenters. The molecule has 296 valence electrons. The normalized spacial score (nSPS) is 42.4. The van der Waals surface area contributed by atoms with E-state index in [0.29, 0.717) is 24.3 Å². The maximum Gasteiger partial charge on any atom is 0.408 e. The number of carbonyl (C=O) groups is 3. The molecule has 0 spiro atoms. The van der Waals surface area contributed by atoms with Gasteiger partial charge >= 0.3 is 12.1 Å². The number of hydrogen-bond donors (Lipinski definition) is 2. The average molecular weight is 747 g/mol. The molecule has 0 aromatic carbocycles. The first-order valence-electron chi connectivity index (χ1n) is 18.8. The lowest BCUT2D eigenvalue weighted by molar-refractivity contribution is -0.302. The molecule has 4 aliphatic rings. The number of nitrogens with one attached hydrogen (secondary N) is 1. The van der Waals surface area contributed by atoms with Gasteiger partial charge in [-0.2, -0.15) is 0 Å². The van der Waals surface area contributed by atoms with Crippen LogP contribution in [0.2, 0.25) is 0 Å². The SMILES string of the molecule is CC[C@H]1OC(=O)[C@H](C)[C@H]2OC/C(=N/Oc3cccnc3)CO[C@](C)(C[C@@H](C)C(=O)[C@H](C)[C@H]3NC(=O)O[C@@]31C)[C@H](O[C@@H]1O[C@H](C)C[C@H](N(C)C)[C@H]1O)[C@H]2C. The van der Waals surface area contributed by atoms with Crippen LogP contribution in [0.1, 0.15) is 74.7 Å². The number of fused-ring (bicyclic) bond motifs is 4. The highest BCUT2D eigenvalue weighted by molar-refractivity contribution is 5.87. The second-order valence-electron chi connectivity index (χ2n) is 15.9. The number of ether oxygens (including phenoxy) is 6. The number of Topliss-reactive ketones (excluding diaryl/α,β-unsaturated/α-hetero) is 1. The van der Waals surface area contributed by atoms with Crippen molar-refractivity contribution >= 4 is 23.6 Å². The quantitative estimate of drug-likeness (QED) is 0.320. The van der Waals surface area contributed by atoms with Crippen LogP contribution < -0.4 is 10.2 Å². The summed E-state index contributed by atoms with van der Waals surface area (Å²) in [6.45, 7) is 14.4. The van der Waals surface area contributed by atoms with E-state index in [1.807, 2.05) is 53.6 Å². The molecule has 0 radical (unpaired) electrons. The Morgan fingerprint density at radius 3 is 2.49 bits per heavy atom. The van der Waals surface area contributed by atoms with Crippen LogP contribution in [0.25, 0.3) is 0 Å². The molecule has 1 aromatic heterocycles. The second-order valence-corrected chi connectivity index (χ2v) is 15.9. The minimum Gasteiger partial charge on any atom is -0.458 e. The average Bonchev–Trinajstić information content (AvgIpc) is 3.45. The van der Waals surface area contributed by atoms with E-state index in [4.69, 9.17) is 33.3 Å². The highest BCUT2D eigenvalue weighted by atomic mass is 16.7. The molecule has 14 atom stereocenters. The third-order valence-electron chi connectivity index (χ3n) is 11.6. The van der Waals surface area contributed by atoms with Crippen LogP contribution in [0.15, 0.2) is 29.7 Å². The molecule has 53 heavy (non-hydrogen) atoms.